The van der Waals surface area contributed by atoms with Crippen LogP contribution < -0.4 is 4.74 Å². The molecule has 186 valence electrons. The monoisotopic (exact) mass is 480 g/mol. The van der Waals surface area contributed by atoms with Gasteiger partial charge in [-0.2, -0.15) is 13.2 Å². The minimum absolute atomic E-state index is 0.0881. The van der Waals surface area contributed by atoms with Crippen LogP contribution in [0.4, 0.5) is 18.0 Å². The van der Waals surface area contributed by atoms with Crippen LogP contribution in [0.1, 0.15) is 37.5 Å². The third kappa shape index (κ3) is 7.67. The molecule has 0 atom stereocenters. The zero-order valence-corrected chi connectivity index (χ0v) is 19.9. The Morgan fingerprint density at radius 2 is 1.56 bits per heavy atom. The summed E-state index contributed by atoms with van der Waals surface area (Å²) in [6.45, 7) is 7.64. The van der Waals surface area contributed by atoms with Crippen molar-refractivity contribution in [3.63, 3.8) is 0 Å². The second-order valence-corrected chi connectivity index (χ2v) is 8.76. The van der Waals surface area contributed by atoms with Crippen LogP contribution in [0, 0.1) is 5.41 Å². The van der Waals surface area contributed by atoms with Gasteiger partial charge in [-0.25, -0.2) is 4.79 Å². The number of carboxylic acids is 1. The van der Waals surface area contributed by atoms with Gasteiger partial charge in [0.2, 0.25) is 0 Å². The van der Waals surface area contributed by atoms with E-state index in [4.69, 9.17) is 9.84 Å². The first-order valence-electron chi connectivity index (χ1n) is 10.9. The number of carbonyl (C=O) groups is 2. The lowest BCUT2D eigenvalue weighted by atomic mass is 9.86. The van der Waals surface area contributed by atoms with Crippen molar-refractivity contribution in [3.05, 3.63) is 65.2 Å². The summed E-state index contributed by atoms with van der Waals surface area (Å²) in [6.07, 6.45) is -3.79. The van der Waals surface area contributed by atoms with E-state index in [1.54, 1.807) is 30.7 Å². The average Bonchev–Trinajstić information content (AvgIpc) is 3.07. The summed E-state index contributed by atoms with van der Waals surface area (Å²) in [6, 6.07) is 12.4. The Bertz CT molecular complexity index is 958. The van der Waals surface area contributed by atoms with Crippen molar-refractivity contribution >= 4 is 12.0 Å². The highest BCUT2D eigenvalue weighted by Crippen LogP contribution is 2.29. The van der Waals surface area contributed by atoms with Crippen LogP contribution in [0.2, 0.25) is 0 Å². The first kappa shape index (κ1) is 27.0. The van der Waals surface area contributed by atoms with Crippen LogP contribution in [0.25, 0.3) is 0 Å². The van der Waals surface area contributed by atoms with Gasteiger partial charge in [0.15, 0.2) is 0 Å². The van der Waals surface area contributed by atoms with Crippen LogP contribution in [-0.4, -0.2) is 53.7 Å². The fourth-order valence-electron chi connectivity index (χ4n) is 3.33. The molecule has 2 aromatic rings. The van der Waals surface area contributed by atoms with E-state index >= 15 is 0 Å². The summed E-state index contributed by atoms with van der Waals surface area (Å²) in [4.78, 5) is 25.8. The molecule has 6 nitrogen and oxygen atoms in total. The highest BCUT2D eigenvalue weighted by molar-refractivity contribution is 5.76. The molecule has 0 radical (unpaired) electrons. The zero-order valence-electron chi connectivity index (χ0n) is 19.9. The third-order valence-corrected chi connectivity index (χ3v) is 5.42. The van der Waals surface area contributed by atoms with Crippen LogP contribution >= 0.6 is 0 Å². The SMILES string of the molecule is CCOc1ccc(CC(C)(C)C(=O)O)cc1.CN1CCN(Cc2ccc(C(F)(F)F)cc2)C1=O. The fraction of sp³-hybridized carbons (Fsp3) is 0.440. The standard InChI is InChI=1S/C13H18O3.C12H13F3N2O/c1-4-16-11-7-5-10(6-8-11)9-13(2,3)12(14)15;1-16-6-7-17(11(16)18)8-9-2-4-10(5-3-9)12(13,14)15/h5-8H,4,9H2,1-3H3,(H,14,15);2-5H,6-8H2,1H3. The van der Waals surface area contributed by atoms with Gasteiger partial charge in [-0.05, 0) is 62.6 Å². The zero-order chi connectivity index (χ0) is 25.5. The molecule has 0 aromatic heterocycles. The van der Waals surface area contributed by atoms with Gasteiger partial charge in [-0.15, -0.1) is 0 Å². The number of amides is 2. The van der Waals surface area contributed by atoms with Gasteiger partial charge in [0.05, 0.1) is 17.6 Å². The lowest BCUT2D eigenvalue weighted by molar-refractivity contribution is -0.146. The Kier molecular flexibility index (Phi) is 8.95. The van der Waals surface area contributed by atoms with Crippen molar-refractivity contribution in [1.82, 2.24) is 9.80 Å². The van der Waals surface area contributed by atoms with E-state index < -0.39 is 23.1 Å². The van der Waals surface area contributed by atoms with Gasteiger partial charge in [0.25, 0.3) is 0 Å². The molecule has 1 saturated heterocycles. The molecule has 9 heteroatoms. The van der Waals surface area contributed by atoms with Gasteiger partial charge in [0, 0.05) is 26.7 Å². The smallest absolute Gasteiger partial charge is 0.416 e. The number of rotatable bonds is 7. The molecule has 3 rings (SSSR count). The summed E-state index contributed by atoms with van der Waals surface area (Å²) < 4.78 is 42.4. The first-order chi connectivity index (χ1) is 15.8. The average molecular weight is 481 g/mol. The maximum absolute atomic E-state index is 12.4. The van der Waals surface area contributed by atoms with Gasteiger partial charge in [0.1, 0.15) is 5.75 Å². The third-order valence-electron chi connectivity index (χ3n) is 5.42. The second kappa shape index (κ2) is 11.3. The number of urea groups is 1. The first-order valence-corrected chi connectivity index (χ1v) is 10.9. The molecule has 1 aliphatic heterocycles. The number of likely N-dealkylation sites (N-methyl/N-ethyl adjacent to an activating group) is 1. The maximum atomic E-state index is 12.4. The molecule has 1 aliphatic rings. The van der Waals surface area contributed by atoms with Crippen LogP contribution in [0.5, 0.6) is 5.75 Å². The predicted octanol–water partition coefficient (Wildman–Crippen LogP) is 5.31. The molecule has 2 amide bonds. The van der Waals surface area contributed by atoms with Gasteiger partial charge >= 0.3 is 18.2 Å². The Morgan fingerprint density at radius 3 is 2.00 bits per heavy atom. The van der Waals surface area contributed by atoms with Gasteiger partial charge in [-0.1, -0.05) is 24.3 Å². The lowest BCUT2D eigenvalue weighted by Crippen LogP contribution is -2.28. The number of carbonyl (C=O) groups excluding carboxylic acids is 1. The summed E-state index contributed by atoms with van der Waals surface area (Å²) in [5.41, 5.74) is 0.311. The summed E-state index contributed by atoms with van der Waals surface area (Å²) in [5, 5.41) is 9.02. The van der Waals surface area contributed by atoms with Crippen molar-refractivity contribution < 1.29 is 32.6 Å². The Balaban J connectivity index is 0.000000242. The topological polar surface area (TPSA) is 70.1 Å². The minimum Gasteiger partial charge on any atom is -0.494 e. The molecule has 1 heterocycles. The number of aliphatic carboxylic acids is 1. The number of nitrogens with zero attached hydrogens (tertiary/aromatic N) is 2. The molecule has 2 aromatic carbocycles. The van der Waals surface area contributed by atoms with Crippen molar-refractivity contribution in [3.8, 4) is 5.75 Å². The number of ether oxygens (including phenoxy) is 1. The largest absolute Gasteiger partial charge is 0.494 e. The maximum Gasteiger partial charge on any atom is 0.416 e. The number of carboxylic acid groups (broad SMARTS) is 1. The summed E-state index contributed by atoms with van der Waals surface area (Å²) >= 11 is 0. The van der Waals surface area contributed by atoms with Crippen molar-refractivity contribution in [2.75, 3.05) is 26.7 Å². The van der Waals surface area contributed by atoms with E-state index in [1.807, 2.05) is 31.2 Å². The highest BCUT2D eigenvalue weighted by Gasteiger charge is 2.30. The van der Waals surface area contributed by atoms with Crippen molar-refractivity contribution in [1.29, 1.82) is 0 Å². The van der Waals surface area contributed by atoms with Crippen molar-refractivity contribution in [2.24, 2.45) is 5.41 Å². The molecular weight excluding hydrogens is 449 g/mol. The normalized spacial score (nSPS) is 14.0. The van der Waals surface area contributed by atoms with Gasteiger partial charge < -0.3 is 19.6 Å². The molecule has 0 aliphatic carbocycles. The number of benzene rings is 2. The Morgan fingerprint density at radius 1 is 1.00 bits per heavy atom. The number of hydrogen-bond donors (Lipinski definition) is 1. The molecule has 0 saturated carbocycles. The molecule has 0 unspecified atom stereocenters. The van der Waals surface area contributed by atoms with Crippen LogP contribution in [-0.2, 0) is 23.9 Å². The quantitative estimate of drug-likeness (QED) is 0.583. The van der Waals surface area contributed by atoms with E-state index in [0.717, 1.165) is 23.4 Å². The summed E-state index contributed by atoms with van der Waals surface area (Å²) in [7, 11) is 1.70. The molecule has 1 fully saturated rings. The number of hydrogen-bond acceptors (Lipinski definition) is 3. The van der Waals surface area contributed by atoms with E-state index in [1.165, 1.54) is 12.1 Å². The minimum atomic E-state index is -4.32. The van der Waals surface area contributed by atoms with E-state index in [9.17, 15) is 22.8 Å². The Hall–Kier alpha value is -3.23. The molecular formula is C25H31F3N2O4. The molecule has 1 N–H and O–H groups in total. The predicted molar refractivity (Wildman–Crippen MR) is 123 cm³/mol. The van der Waals surface area contributed by atoms with E-state index in [0.29, 0.717) is 38.2 Å². The lowest BCUT2D eigenvalue weighted by Gasteiger charge is -2.19. The second-order valence-electron chi connectivity index (χ2n) is 8.76. The molecule has 0 bridgehead atoms. The van der Waals surface area contributed by atoms with Gasteiger partial charge in [-0.3, -0.25) is 4.79 Å². The van der Waals surface area contributed by atoms with Crippen LogP contribution in [0.3, 0.4) is 0 Å². The number of alkyl halides is 3. The highest BCUT2D eigenvalue weighted by atomic mass is 19.4. The van der Waals surface area contributed by atoms with E-state index in [2.05, 4.69) is 0 Å². The molecule has 0 spiro atoms. The number of halogens is 3. The summed E-state index contributed by atoms with van der Waals surface area (Å²) in [5.74, 6) is 0.0424. The fourth-order valence-corrected chi connectivity index (χ4v) is 3.33. The Labute approximate surface area is 197 Å². The van der Waals surface area contributed by atoms with E-state index in [-0.39, 0.29) is 6.03 Å². The van der Waals surface area contributed by atoms with Crippen LogP contribution in [0.15, 0.2) is 48.5 Å². The molecule has 34 heavy (non-hydrogen) atoms. The van der Waals surface area contributed by atoms with Crippen molar-refractivity contribution in [2.45, 2.75) is 39.9 Å².